The van der Waals surface area contributed by atoms with Gasteiger partial charge in [0.2, 0.25) is 11.8 Å². The van der Waals surface area contributed by atoms with Gasteiger partial charge in [-0.15, -0.1) is 12.4 Å². The fourth-order valence-corrected chi connectivity index (χ4v) is 8.50. The number of aromatic carboxylic acids is 1. The van der Waals surface area contributed by atoms with Crippen LogP contribution in [0.1, 0.15) is 74.8 Å². The molecule has 6 heterocycles. The van der Waals surface area contributed by atoms with E-state index in [1.165, 1.54) is 96.2 Å². The van der Waals surface area contributed by atoms with Gasteiger partial charge < -0.3 is 46.3 Å². The molecule has 0 bridgehead atoms. The van der Waals surface area contributed by atoms with Crippen molar-refractivity contribution in [1.82, 2.24) is 30.8 Å². The summed E-state index contributed by atoms with van der Waals surface area (Å²) in [6.45, 7) is 1.54. The third-order valence-corrected chi connectivity index (χ3v) is 12.6. The molecule has 2 aliphatic heterocycles. The summed E-state index contributed by atoms with van der Waals surface area (Å²) >= 11 is 0. The van der Waals surface area contributed by atoms with Crippen molar-refractivity contribution in [3.8, 4) is 22.3 Å². The zero-order chi connectivity index (χ0) is 58.0. The summed E-state index contributed by atoms with van der Waals surface area (Å²) in [4.78, 5) is 57.2. The molecule has 2 aliphatic rings. The van der Waals surface area contributed by atoms with Gasteiger partial charge in [-0.1, -0.05) is 31.7 Å². The number of anilines is 2. The van der Waals surface area contributed by atoms with Crippen molar-refractivity contribution >= 4 is 81.8 Å². The number of hydrogen-bond donors (Lipinski definition) is 6. The number of pyridine rings is 2. The van der Waals surface area contributed by atoms with E-state index < -0.39 is 53.6 Å². The maximum Gasteiger partial charge on any atom is 0.420 e. The molecule has 0 aliphatic carbocycles. The number of halogens is 9. The number of furan rings is 2. The lowest BCUT2D eigenvalue weighted by Crippen LogP contribution is -2.28. The molecule has 0 unspecified atom stereocenters. The van der Waals surface area contributed by atoms with Gasteiger partial charge in [0.1, 0.15) is 46.7 Å². The number of likely N-dealkylation sites (tertiary alicyclic amines) is 1. The molecule has 2 saturated heterocycles. The van der Waals surface area contributed by atoms with Crippen molar-refractivity contribution in [3.05, 3.63) is 179 Å². The summed E-state index contributed by atoms with van der Waals surface area (Å²) in [6.07, 6.45) is -1.45. The van der Waals surface area contributed by atoms with Gasteiger partial charge in [-0.05, 0) is 150 Å². The smallest absolute Gasteiger partial charge is 0.420 e. The highest BCUT2D eigenvalue weighted by Crippen LogP contribution is 2.41. The first-order chi connectivity index (χ1) is 38.6. The largest absolute Gasteiger partial charge is 0.478 e. The van der Waals surface area contributed by atoms with E-state index in [0.29, 0.717) is 65.4 Å². The van der Waals surface area contributed by atoms with Crippen molar-refractivity contribution in [3.63, 3.8) is 0 Å². The molecule has 0 saturated carbocycles. The summed E-state index contributed by atoms with van der Waals surface area (Å²) < 4.78 is 119. The summed E-state index contributed by atoms with van der Waals surface area (Å²) in [6, 6.07) is 26.1. The van der Waals surface area contributed by atoms with E-state index in [9.17, 15) is 54.3 Å². The van der Waals surface area contributed by atoms with Gasteiger partial charge in [-0.3, -0.25) is 14.4 Å². The zero-order valence-corrected chi connectivity index (χ0v) is 43.8. The Bertz CT molecular complexity index is 3600. The standard InChI is InChI=1S/C29H24F4N4O3.C25H18F3N3O4.C4H8FN.CH4.ClH/c30-22-9-10-37(16-22)28(39)19-5-3-18(4-6-19)20-11-21-12-23(40-27(21)24(13-20)29(31,32)33)15-36-26(38)8-2-17-1-7-25(34)35-14-17;26-25(27,28)20-11-17(15-3-5-16(6-4-15)24(33)34)9-18-10-19(35-23(18)20)13-31-22(32)8-2-14-1-7-21(29)30-12-14;5-4-1-2-6-3-4;;/h1-8,11-14,22H,9-10,15-16H2,(H2,34,35)(H,36,38);1-12H,13H2,(H2,29,30)(H,31,32)(H,33,34);4,6H,1-3H2;1H4;1H/b2*8-2+;;;/t22-;;4-;;/m1.1../s1. The number of benzene rings is 4. The number of nitrogens with two attached hydrogens (primary N) is 2. The van der Waals surface area contributed by atoms with Crippen LogP contribution in [0.2, 0.25) is 0 Å². The third-order valence-electron chi connectivity index (χ3n) is 12.6. The van der Waals surface area contributed by atoms with E-state index in [1.807, 2.05) is 0 Å². The molecule has 0 radical (unpaired) electrons. The number of nitrogen functional groups attached to an aromatic ring is 2. The van der Waals surface area contributed by atoms with E-state index in [-0.39, 0.29) is 95.5 Å². The molecule has 4 aromatic heterocycles. The van der Waals surface area contributed by atoms with Gasteiger partial charge in [0.05, 0.1) is 36.3 Å². The Morgan fingerprint density at radius 2 is 1.10 bits per heavy atom. The highest BCUT2D eigenvalue weighted by atomic mass is 35.5. The number of fused-ring (bicyclic) bond motifs is 2. The Morgan fingerprint density at radius 1 is 0.639 bits per heavy atom. The van der Waals surface area contributed by atoms with Crippen LogP contribution in [0, 0.1) is 0 Å². The predicted molar refractivity (Wildman–Crippen MR) is 301 cm³/mol. The summed E-state index contributed by atoms with van der Waals surface area (Å²) in [5, 5.41) is 17.5. The van der Waals surface area contributed by atoms with Crippen LogP contribution in [0.3, 0.4) is 0 Å². The third kappa shape index (κ3) is 17.0. The number of carboxylic acid groups (broad SMARTS) is 1. The Kier molecular flexibility index (Phi) is 21.0. The molecule has 8 N–H and O–H groups in total. The fourth-order valence-electron chi connectivity index (χ4n) is 8.50. The van der Waals surface area contributed by atoms with Crippen molar-refractivity contribution in [2.45, 2.75) is 58.1 Å². The molecule has 10 rings (SSSR count). The van der Waals surface area contributed by atoms with Gasteiger partial charge >= 0.3 is 18.3 Å². The average Bonchev–Trinajstić information content (AvgIpc) is 3.09. The van der Waals surface area contributed by atoms with Gasteiger partial charge in [0.15, 0.2) is 0 Å². The van der Waals surface area contributed by atoms with E-state index in [2.05, 4.69) is 25.9 Å². The number of nitrogens with zero attached hydrogens (tertiary/aromatic N) is 3. The van der Waals surface area contributed by atoms with Gasteiger partial charge in [-0.25, -0.2) is 23.5 Å². The summed E-state index contributed by atoms with van der Waals surface area (Å²) in [5.74, 6) is -1.43. The molecule has 15 nitrogen and oxygen atoms in total. The van der Waals surface area contributed by atoms with Crippen molar-refractivity contribution < 1.29 is 68.2 Å². The molecule has 8 aromatic rings. The van der Waals surface area contributed by atoms with Crippen LogP contribution in [0.5, 0.6) is 0 Å². The minimum Gasteiger partial charge on any atom is -0.478 e. The molecule has 3 amide bonds. The highest BCUT2D eigenvalue weighted by Gasteiger charge is 2.37. The molecule has 2 atom stereocenters. The lowest BCUT2D eigenvalue weighted by atomic mass is 9.99. The topological polar surface area (TPSA) is 232 Å². The number of carbonyl (C=O) groups excluding carboxylic acids is 3. The second kappa shape index (κ2) is 27.6. The summed E-state index contributed by atoms with van der Waals surface area (Å²) in [7, 11) is 0. The molecule has 83 heavy (non-hydrogen) atoms. The van der Waals surface area contributed by atoms with Crippen LogP contribution < -0.4 is 27.4 Å². The number of carboxylic acids is 1. The van der Waals surface area contributed by atoms with Crippen LogP contribution in [-0.2, 0) is 35.0 Å². The monoisotopic (exact) mass is 1170 g/mol. The molecule has 436 valence electrons. The lowest BCUT2D eigenvalue weighted by Gasteiger charge is -2.15. The van der Waals surface area contributed by atoms with Gasteiger partial charge in [0.25, 0.3) is 5.91 Å². The Balaban J connectivity index is 0.000000238. The summed E-state index contributed by atoms with van der Waals surface area (Å²) in [5.41, 5.74) is 11.5. The quantitative estimate of drug-likeness (QED) is 0.0495. The number of hydrogen-bond acceptors (Lipinski definition) is 11. The van der Waals surface area contributed by atoms with Crippen LogP contribution in [0.4, 0.5) is 46.8 Å². The number of aromatic nitrogens is 2. The van der Waals surface area contributed by atoms with Crippen molar-refractivity contribution in [1.29, 1.82) is 0 Å². The first kappa shape index (κ1) is 63.1. The van der Waals surface area contributed by atoms with Gasteiger partial charge in [0, 0.05) is 54.0 Å². The Labute approximate surface area is 475 Å². The van der Waals surface area contributed by atoms with Crippen LogP contribution in [0.15, 0.2) is 143 Å². The van der Waals surface area contributed by atoms with Crippen LogP contribution in [0.25, 0.3) is 56.3 Å². The first-order valence-corrected chi connectivity index (χ1v) is 24.9. The number of rotatable bonds is 12. The van der Waals surface area contributed by atoms with E-state index in [4.69, 9.17) is 25.4 Å². The maximum atomic E-state index is 14.0. The van der Waals surface area contributed by atoms with Gasteiger partial charge in [-0.2, -0.15) is 26.3 Å². The SMILES string of the molecule is C.Cl.F[C@@H]1CCNC1.Nc1ccc(/C=C/C(=O)NCc2cc3cc(-c4ccc(C(=O)N5CC[C@@H](F)C5)cc4)cc(C(F)(F)F)c3o2)cn1.Nc1ccc(/C=C/C(=O)NCc2cc3cc(-c4ccc(C(=O)O)cc4)cc(C(F)(F)F)c3o2)cn1. The van der Waals surface area contributed by atoms with Crippen LogP contribution >= 0.6 is 12.4 Å². The number of alkyl halides is 8. The maximum absolute atomic E-state index is 14.0. The number of carbonyl (C=O) groups is 4. The van der Waals surface area contributed by atoms with E-state index >= 15 is 0 Å². The number of nitrogens with one attached hydrogen (secondary N) is 3. The van der Waals surface area contributed by atoms with E-state index in [1.54, 1.807) is 42.5 Å². The zero-order valence-electron chi connectivity index (χ0n) is 43.0. The normalized spacial score (nSPS) is 15.0. The van der Waals surface area contributed by atoms with E-state index in [0.717, 1.165) is 18.7 Å². The lowest BCUT2D eigenvalue weighted by molar-refractivity contribution is -0.137. The second-order valence-corrected chi connectivity index (χ2v) is 18.6. The predicted octanol–water partition coefficient (Wildman–Crippen LogP) is 12.1. The van der Waals surface area contributed by atoms with Crippen LogP contribution in [-0.4, -0.2) is 82.2 Å². The highest BCUT2D eigenvalue weighted by molar-refractivity contribution is 5.96. The molecular formula is C59H55ClF8N8O7. The second-order valence-electron chi connectivity index (χ2n) is 18.6. The first-order valence-electron chi connectivity index (χ1n) is 24.9. The van der Waals surface area contributed by atoms with Crippen molar-refractivity contribution in [2.24, 2.45) is 0 Å². The molecule has 4 aromatic carbocycles. The minimum atomic E-state index is -4.70. The fraction of sp³-hybridized carbons (Fsp3) is 0.220. The molecule has 2 fully saturated rings. The number of amides is 3. The Morgan fingerprint density at radius 3 is 1.45 bits per heavy atom. The molecule has 24 heteroatoms. The minimum absolute atomic E-state index is 0. The van der Waals surface area contributed by atoms with Crippen molar-refractivity contribution in [2.75, 3.05) is 37.6 Å². The Hall–Kier alpha value is -9.09. The molecule has 0 spiro atoms. The average molecular weight is 1180 g/mol. The molecular weight excluding hydrogens is 1120 g/mol.